The second-order valence-corrected chi connectivity index (χ2v) is 3.48. The van der Waals surface area contributed by atoms with E-state index in [-0.39, 0.29) is 0 Å². The summed E-state index contributed by atoms with van der Waals surface area (Å²) >= 11 is 0. The zero-order chi connectivity index (χ0) is 14.6. The van der Waals surface area contributed by atoms with Gasteiger partial charge in [-0.15, -0.1) is 0 Å². The van der Waals surface area contributed by atoms with Gasteiger partial charge in [-0.2, -0.15) is 0 Å². The van der Waals surface area contributed by atoms with Gasteiger partial charge in [-0.3, -0.25) is 0 Å². The summed E-state index contributed by atoms with van der Waals surface area (Å²) < 4.78 is 5.86. The summed E-state index contributed by atoms with van der Waals surface area (Å²) in [5.41, 5.74) is 2.16. The third-order valence-electron chi connectivity index (χ3n) is 2.32. The van der Waals surface area contributed by atoms with Crippen LogP contribution in [0.4, 0.5) is 0 Å². The van der Waals surface area contributed by atoms with Crippen molar-refractivity contribution < 1.29 is 4.74 Å². The van der Waals surface area contributed by atoms with E-state index in [2.05, 4.69) is 6.58 Å². The molecular formula is C17H28O. The van der Waals surface area contributed by atoms with Gasteiger partial charge in [0.1, 0.15) is 11.5 Å². The Kier molecular flexibility index (Phi) is 12.5. The lowest BCUT2D eigenvalue weighted by atomic mass is 10.2. The molecule has 0 aromatic rings. The number of allylic oxidation sites excluding steroid dienone is 7. The third kappa shape index (κ3) is 6.95. The van der Waals surface area contributed by atoms with E-state index >= 15 is 0 Å². The van der Waals surface area contributed by atoms with E-state index in [9.17, 15) is 0 Å². The van der Waals surface area contributed by atoms with Crippen LogP contribution in [0.3, 0.4) is 0 Å². The fraction of sp³-hybridized carbons (Fsp3) is 0.412. The van der Waals surface area contributed by atoms with Gasteiger partial charge in [-0.25, -0.2) is 0 Å². The van der Waals surface area contributed by atoms with Gasteiger partial charge in [0.15, 0.2) is 0 Å². The fourth-order valence-corrected chi connectivity index (χ4v) is 1.13. The lowest BCUT2D eigenvalue weighted by Gasteiger charge is -2.12. The normalized spacial score (nSPS) is 13.7. The Morgan fingerprint density at radius 3 is 1.89 bits per heavy atom. The summed E-state index contributed by atoms with van der Waals surface area (Å²) in [4.78, 5) is 0. The molecule has 0 aliphatic heterocycles. The van der Waals surface area contributed by atoms with Crippen LogP contribution in [0.15, 0.2) is 59.6 Å². The van der Waals surface area contributed by atoms with Crippen LogP contribution in [-0.4, -0.2) is 0 Å². The Morgan fingerprint density at radius 2 is 1.56 bits per heavy atom. The highest BCUT2D eigenvalue weighted by atomic mass is 16.5. The highest BCUT2D eigenvalue weighted by Crippen LogP contribution is 2.19. The molecular weight excluding hydrogens is 220 g/mol. The molecule has 0 aromatic heterocycles. The van der Waals surface area contributed by atoms with Crippen molar-refractivity contribution in [3.05, 3.63) is 59.6 Å². The molecule has 0 N–H and O–H groups in total. The van der Waals surface area contributed by atoms with E-state index in [1.54, 1.807) is 6.08 Å². The molecule has 0 aliphatic rings. The molecule has 102 valence electrons. The first kappa shape index (κ1) is 18.9. The standard InChI is InChI=1S/C15H22O.C2H6/c1-7-11-15(13(6)9-3)16-14(10-4)12(5)8-2;1-2/h7-11H,3H2,1-2,4-6H3;1-2H3/b11-7-,12-8-,14-10+,15-13+;. The summed E-state index contributed by atoms with van der Waals surface area (Å²) in [7, 11) is 0. The molecule has 0 radical (unpaired) electrons. The Labute approximate surface area is 113 Å². The maximum atomic E-state index is 5.86. The second-order valence-electron chi connectivity index (χ2n) is 3.48. The molecule has 0 amide bonds. The zero-order valence-corrected chi connectivity index (χ0v) is 13.0. The van der Waals surface area contributed by atoms with Crippen LogP contribution in [-0.2, 0) is 4.74 Å². The van der Waals surface area contributed by atoms with Crippen LogP contribution in [0, 0.1) is 0 Å². The van der Waals surface area contributed by atoms with E-state index in [0.717, 1.165) is 22.7 Å². The van der Waals surface area contributed by atoms with Crippen molar-refractivity contribution in [3.8, 4) is 0 Å². The van der Waals surface area contributed by atoms with Crippen LogP contribution in [0.25, 0.3) is 0 Å². The first-order chi connectivity index (χ1) is 8.60. The largest absolute Gasteiger partial charge is 0.457 e. The molecule has 0 unspecified atom stereocenters. The Balaban J connectivity index is 0. The SMILES string of the molecule is C=C/C(C)=C(\C=C/C)OC(=C/C)/C(C)=C\C.CC. The molecule has 1 heteroatoms. The van der Waals surface area contributed by atoms with Gasteiger partial charge in [-0.05, 0) is 57.9 Å². The van der Waals surface area contributed by atoms with Crippen molar-refractivity contribution in [1.82, 2.24) is 0 Å². The van der Waals surface area contributed by atoms with Crippen molar-refractivity contribution >= 4 is 0 Å². The smallest absolute Gasteiger partial charge is 0.129 e. The highest BCUT2D eigenvalue weighted by molar-refractivity contribution is 5.31. The van der Waals surface area contributed by atoms with Crippen LogP contribution in [0.2, 0.25) is 0 Å². The monoisotopic (exact) mass is 248 g/mol. The predicted molar refractivity (Wildman–Crippen MR) is 83.3 cm³/mol. The summed E-state index contributed by atoms with van der Waals surface area (Å²) in [6.07, 6.45) is 9.71. The molecule has 0 spiro atoms. The summed E-state index contributed by atoms with van der Waals surface area (Å²) in [6, 6.07) is 0. The molecule has 0 rings (SSSR count). The van der Waals surface area contributed by atoms with Crippen molar-refractivity contribution in [2.45, 2.75) is 48.5 Å². The minimum atomic E-state index is 0.840. The molecule has 18 heavy (non-hydrogen) atoms. The number of ether oxygens (including phenoxy) is 1. The summed E-state index contributed by atoms with van der Waals surface area (Å²) in [5.74, 6) is 1.73. The van der Waals surface area contributed by atoms with Crippen LogP contribution in [0.1, 0.15) is 48.5 Å². The maximum Gasteiger partial charge on any atom is 0.129 e. The van der Waals surface area contributed by atoms with Crippen molar-refractivity contribution in [2.75, 3.05) is 0 Å². The summed E-state index contributed by atoms with van der Waals surface area (Å²) in [5, 5.41) is 0. The molecule has 1 nitrogen and oxygen atoms in total. The van der Waals surface area contributed by atoms with Gasteiger partial charge in [0, 0.05) is 0 Å². The summed E-state index contributed by atoms with van der Waals surface area (Å²) in [6.45, 7) is 17.7. The fourth-order valence-electron chi connectivity index (χ4n) is 1.13. The molecule has 0 aliphatic carbocycles. The van der Waals surface area contributed by atoms with Gasteiger partial charge in [0.25, 0.3) is 0 Å². The lowest BCUT2D eigenvalue weighted by Crippen LogP contribution is -1.95. The molecule has 0 fully saturated rings. The van der Waals surface area contributed by atoms with E-state index in [1.165, 1.54) is 0 Å². The minimum absolute atomic E-state index is 0.840. The van der Waals surface area contributed by atoms with Gasteiger partial charge in [0.05, 0.1) is 0 Å². The Morgan fingerprint density at radius 1 is 1.00 bits per heavy atom. The van der Waals surface area contributed by atoms with Crippen molar-refractivity contribution in [3.63, 3.8) is 0 Å². The second kappa shape index (κ2) is 12.0. The van der Waals surface area contributed by atoms with E-state index in [1.807, 2.05) is 72.8 Å². The quantitative estimate of drug-likeness (QED) is 0.432. The minimum Gasteiger partial charge on any atom is -0.457 e. The van der Waals surface area contributed by atoms with Crippen LogP contribution in [0.5, 0.6) is 0 Å². The average Bonchev–Trinajstić information content (AvgIpc) is 2.43. The van der Waals surface area contributed by atoms with Crippen molar-refractivity contribution in [1.29, 1.82) is 0 Å². The lowest BCUT2D eigenvalue weighted by molar-refractivity contribution is 0.325. The van der Waals surface area contributed by atoms with E-state index < -0.39 is 0 Å². The molecule has 0 saturated heterocycles. The number of hydrogen-bond donors (Lipinski definition) is 0. The third-order valence-corrected chi connectivity index (χ3v) is 2.32. The van der Waals surface area contributed by atoms with Gasteiger partial charge < -0.3 is 4.74 Å². The topological polar surface area (TPSA) is 9.23 Å². The van der Waals surface area contributed by atoms with Crippen molar-refractivity contribution in [2.24, 2.45) is 0 Å². The number of hydrogen-bond acceptors (Lipinski definition) is 1. The molecule has 0 saturated carbocycles. The number of rotatable bonds is 5. The average molecular weight is 248 g/mol. The maximum absolute atomic E-state index is 5.86. The Hall–Kier alpha value is -1.50. The van der Waals surface area contributed by atoms with E-state index in [4.69, 9.17) is 4.74 Å². The molecule has 0 atom stereocenters. The van der Waals surface area contributed by atoms with Gasteiger partial charge in [-0.1, -0.05) is 38.7 Å². The van der Waals surface area contributed by atoms with Gasteiger partial charge in [0.2, 0.25) is 0 Å². The molecule has 0 heterocycles. The Bertz CT molecular complexity index is 352. The highest BCUT2D eigenvalue weighted by Gasteiger charge is 2.03. The predicted octanol–water partition coefficient (Wildman–Crippen LogP) is 5.94. The van der Waals surface area contributed by atoms with Crippen LogP contribution >= 0.6 is 0 Å². The zero-order valence-electron chi connectivity index (χ0n) is 13.0. The molecule has 0 bridgehead atoms. The van der Waals surface area contributed by atoms with Gasteiger partial charge >= 0.3 is 0 Å². The van der Waals surface area contributed by atoms with E-state index in [0.29, 0.717) is 0 Å². The van der Waals surface area contributed by atoms with Crippen LogP contribution < -0.4 is 0 Å². The first-order valence-electron chi connectivity index (χ1n) is 6.54. The first-order valence-corrected chi connectivity index (χ1v) is 6.54. The molecule has 0 aromatic carbocycles.